The molecular weight excluding hydrogens is 464 g/mol. The molecule has 1 saturated heterocycles. The Morgan fingerprint density at radius 3 is 2.44 bits per heavy atom. The minimum atomic E-state index is -3.55. The zero-order valence-electron chi connectivity index (χ0n) is 18.5. The summed E-state index contributed by atoms with van der Waals surface area (Å²) in [5, 5.41) is 2.69. The van der Waals surface area contributed by atoms with Gasteiger partial charge in [-0.25, -0.2) is 8.42 Å². The normalized spacial score (nSPS) is 15.6. The zero-order valence-corrected chi connectivity index (χ0v) is 19.3. The first-order valence-corrected chi connectivity index (χ1v) is 12.3. The molecule has 2 aliphatic rings. The number of rotatable bonds is 9. The van der Waals surface area contributed by atoms with E-state index in [1.807, 2.05) is 6.07 Å². The number of carbonyl (C=O) groups excluding carboxylic acids is 2. The fourth-order valence-electron chi connectivity index (χ4n) is 3.53. The molecule has 1 fully saturated rings. The Balaban J connectivity index is 1.17. The summed E-state index contributed by atoms with van der Waals surface area (Å²) in [4.78, 5) is 24.2. The largest absolute Gasteiger partial charge is 0.456 e. The van der Waals surface area contributed by atoms with E-state index >= 15 is 0 Å². The van der Waals surface area contributed by atoms with Gasteiger partial charge in [0.2, 0.25) is 16.8 Å². The number of nitrogens with one attached hydrogen (secondary N) is 1. The van der Waals surface area contributed by atoms with Gasteiger partial charge in [-0.3, -0.25) is 9.59 Å². The predicted molar refractivity (Wildman–Crippen MR) is 120 cm³/mol. The van der Waals surface area contributed by atoms with Crippen LogP contribution in [-0.2, 0) is 42.1 Å². The van der Waals surface area contributed by atoms with Gasteiger partial charge < -0.3 is 24.3 Å². The number of hydrogen-bond acceptors (Lipinski definition) is 8. The third-order valence-electron chi connectivity index (χ3n) is 5.44. The van der Waals surface area contributed by atoms with E-state index < -0.39 is 21.9 Å². The van der Waals surface area contributed by atoms with Crippen LogP contribution in [0.25, 0.3) is 0 Å². The van der Waals surface area contributed by atoms with Crippen LogP contribution in [0.15, 0.2) is 47.4 Å². The minimum Gasteiger partial charge on any atom is -0.456 e. The average Bonchev–Trinajstić information content (AvgIpc) is 3.34. The highest BCUT2D eigenvalue weighted by Gasteiger charge is 2.26. The quantitative estimate of drug-likeness (QED) is 0.521. The Hall–Kier alpha value is -3.15. The summed E-state index contributed by atoms with van der Waals surface area (Å²) in [6.07, 6.45) is 0.445. The minimum absolute atomic E-state index is 0.0744. The molecule has 0 aliphatic carbocycles. The lowest BCUT2D eigenvalue weighted by Gasteiger charge is -2.26. The lowest BCUT2D eigenvalue weighted by Crippen LogP contribution is -2.40. The van der Waals surface area contributed by atoms with Crippen LogP contribution in [0.5, 0.6) is 11.5 Å². The van der Waals surface area contributed by atoms with Crippen LogP contribution in [-0.4, -0.2) is 64.3 Å². The summed E-state index contributed by atoms with van der Waals surface area (Å²) in [5.74, 6) is 0.370. The summed E-state index contributed by atoms with van der Waals surface area (Å²) in [6, 6.07) is 11.8. The number of fused-ring (bicyclic) bond motifs is 1. The molecule has 0 saturated carbocycles. The predicted octanol–water partition coefficient (Wildman–Crippen LogP) is 1.23. The Kier molecular flexibility index (Phi) is 7.66. The Morgan fingerprint density at radius 2 is 1.68 bits per heavy atom. The molecule has 4 rings (SSSR count). The lowest BCUT2D eigenvalue weighted by atomic mass is 10.1. The molecule has 0 unspecified atom stereocenters. The lowest BCUT2D eigenvalue weighted by molar-refractivity contribution is -0.148. The van der Waals surface area contributed by atoms with E-state index in [2.05, 4.69) is 5.32 Å². The molecule has 0 spiro atoms. The van der Waals surface area contributed by atoms with Crippen molar-refractivity contribution in [1.29, 1.82) is 0 Å². The van der Waals surface area contributed by atoms with Crippen molar-refractivity contribution in [2.75, 3.05) is 39.7 Å². The number of hydrogen-bond donors (Lipinski definition) is 1. The standard InChI is InChI=1S/C23H26N2O8S/c26-22(24-14-18-3-7-20-21(13-18)33-16-32-20)15-31-23(27)8-4-17-1-5-19(6-2-17)34(28,29)25-9-11-30-12-10-25/h1-3,5-7,13H,4,8-12,14-16H2,(H,24,26). The molecule has 0 aromatic heterocycles. The molecule has 2 aromatic rings. The summed E-state index contributed by atoms with van der Waals surface area (Å²) in [7, 11) is -3.55. The maximum absolute atomic E-state index is 12.7. The summed E-state index contributed by atoms with van der Waals surface area (Å²) in [5.41, 5.74) is 1.63. The number of carbonyl (C=O) groups is 2. The van der Waals surface area contributed by atoms with Crippen LogP contribution in [0.1, 0.15) is 17.5 Å². The monoisotopic (exact) mass is 490 g/mol. The van der Waals surface area contributed by atoms with Crippen molar-refractivity contribution in [3.05, 3.63) is 53.6 Å². The molecule has 1 N–H and O–H groups in total. The number of amides is 1. The van der Waals surface area contributed by atoms with Gasteiger partial charge in [0.05, 0.1) is 18.1 Å². The molecular formula is C23H26N2O8S. The van der Waals surface area contributed by atoms with E-state index in [-0.39, 0.29) is 31.3 Å². The molecule has 11 heteroatoms. The molecule has 182 valence electrons. The van der Waals surface area contributed by atoms with Crippen LogP contribution in [0.4, 0.5) is 0 Å². The highest BCUT2D eigenvalue weighted by atomic mass is 32.2. The van der Waals surface area contributed by atoms with Gasteiger partial charge in [-0.15, -0.1) is 0 Å². The van der Waals surface area contributed by atoms with Crippen molar-refractivity contribution in [1.82, 2.24) is 9.62 Å². The fraction of sp³-hybridized carbons (Fsp3) is 0.391. The van der Waals surface area contributed by atoms with Gasteiger partial charge in [0.15, 0.2) is 18.1 Å². The van der Waals surface area contributed by atoms with E-state index in [4.69, 9.17) is 18.9 Å². The molecule has 0 bridgehead atoms. The number of ether oxygens (including phenoxy) is 4. The molecule has 2 heterocycles. The molecule has 10 nitrogen and oxygen atoms in total. The zero-order chi connectivity index (χ0) is 24.0. The van der Waals surface area contributed by atoms with Gasteiger partial charge in [-0.2, -0.15) is 4.31 Å². The topological polar surface area (TPSA) is 120 Å². The van der Waals surface area contributed by atoms with Crippen molar-refractivity contribution in [3.63, 3.8) is 0 Å². The number of morpholine rings is 1. The van der Waals surface area contributed by atoms with E-state index in [1.54, 1.807) is 24.3 Å². The van der Waals surface area contributed by atoms with Crippen molar-refractivity contribution in [2.24, 2.45) is 0 Å². The van der Waals surface area contributed by atoms with E-state index in [0.717, 1.165) is 11.1 Å². The number of benzene rings is 2. The first-order chi connectivity index (χ1) is 16.4. The second-order valence-corrected chi connectivity index (χ2v) is 9.72. The first-order valence-electron chi connectivity index (χ1n) is 10.9. The van der Waals surface area contributed by atoms with Crippen molar-refractivity contribution < 1.29 is 37.0 Å². The maximum Gasteiger partial charge on any atom is 0.306 e. The number of sulfonamides is 1. The first kappa shape index (κ1) is 24.0. The Morgan fingerprint density at radius 1 is 0.971 bits per heavy atom. The SMILES string of the molecule is O=C(COC(=O)CCc1ccc(S(=O)(=O)N2CCOCC2)cc1)NCc1ccc2c(c1)OCO2. The highest BCUT2D eigenvalue weighted by Crippen LogP contribution is 2.32. The van der Waals surface area contributed by atoms with Gasteiger partial charge in [-0.1, -0.05) is 18.2 Å². The Bertz CT molecular complexity index is 1130. The molecule has 0 atom stereocenters. The number of esters is 1. The van der Waals surface area contributed by atoms with Gasteiger partial charge in [0.1, 0.15) is 0 Å². The van der Waals surface area contributed by atoms with E-state index in [1.165, 1.54) is 16.4 Å². The molecule has 2 aliphatic heterocycles. The molecule has 2 aromatic carbocycles. The number of aryl methyl sites for hydroxylation is 1. The summed E-state index contributed by atoms with van der Waals surface area (Å²) < 4.78 is 47.5. The van der Waals surface area contributed by atoms with Crippen LogP contribution < -0.4 is 14.8 Å². The second kappa shape index (κ2) is 10.9. The Labute approximate surface area is 197 Å². The number of nitrogens with zero attached hydrogens (tertiary/aromatic N) is 1. The molecule has 0 radical (unpaired) electrons. The maximum atomic E-state index is 12.7. The third-order valence-corrected chi connectivity index (χ3v) is 7.35. The van der Waals surface area contributed by atoms with Gasteiger partial charge in [0, 0.05) is 26.1 Å². The summed E-state index contributed by atoms with van der Waals surface area (Å²) >= 11 is 0. The van der Waals surface area contributed by atoms with Crippen molar-refractivity contribution in [3.8, 4) is 11.5 Å². The molecule has 1 amide bonds. The van der Waals surface area contributed by atoms with Crippen LogP contribution in [0.3, 0.4) is 0 Å². The molecule has 34 heavy (non-hydrogen) atoms. The van der Waals surface area contributed by atoms with E-state index in [9.17, 15) is 18.0 Å². The smallest absolute Gasteiger partial charge is 0.306 e. The second-order valence-electron chi connectivity index (χ2n) is 7.79. The van der Waals surface area contributed by atoms with Gasteiger partial charge >= 0.3 is 5.97 Å². The summed E-state index contributed by atoms with van der Waals surface area (Å²) in [6.45, 7) is 1.51. The van der Waals surface area contributed by atoms with Gasteiger partial charge in [-0.05, 0) is 41.8 Å². The van der Waals surface area contributed by atoms with E-state index in [0.29, 0.717) is 44.2 Å². The third kappa shape index (κ3) is 6.04. The van der Waals surface area contributed by atoms with Crippen LogP contribution in [0.2, 0.25) is 0 Å². The van der Waals surface area contributed by atoms with Crippen LogP contribution in [0, 0.1) is 0 Å². The van der Waals surface area contributed by atoms with Gasteiger partial charge in [0.25, 0.3) is 5.91 Å². The average molecular weight is 491 g/mol. The van der Waals surface area contributed by atoms with Crippen molar-refractivity contribution in [2.45, 2.75) is 24.3 Å². The highest BCUT2D eigenvalue weighted by molar-refractivity contribution is 7.89. The van der Waals surface area contributed by atoms with Crippen LogP contribution >= 0.6 is 0 Å². The fourth-order valence-corrected chi connectivity index (χ4v) is 4.94. The van der Waals surface area contributed by atoms with Crippen molar-refractivity contribution >= 4 is 21.9 Å².